The Labute approximate surface area is 148 Å². The monoisotopic (exact) mass is 343 g/mol. The Morgan fingerprint density at radius 1 is 1.12 bits per heavy atom. The molecular weight excluding hydrogens is 318 g/mol. The molecule has 0 aliphatic carbocycles. The average Bonchev–Trinajstić information content (AvgIpc) is 2.58. The van der Waals surface area contributed by atoms with Crippen molar-refractivity contribution in [3.8, 4) is 5.75 Å². The topological polar surface area (TPSA) is 38.3 Å². The van der Waals surface area contributed by atoms with Gasteiger partial charge in [0.1, 0.15) is 5.75 Å². The van der Waals surface area contributed by atoms with Gasteiger partial charge in [-0.05, 0) is 49.1 Å². The Hall–Kier alpha value is -1.94. The van der Waals surface area contributed by atoms with Crippen LogP contribution in [0.2, 0.25) is 0 Å². The first-order valence-electron chi connectivity index (χ1n) is 8.12. The first-order valence-corrected chi connectivity index (χ1v) is 9.27. The molecule has 1 N–H and O–H groups in total. The summed E-state index contributed by atoms with van der Waals surface area (Å²) < 4.78 is 5.14. The van der Waals surface area contributed by atoms with Crippen molar-refractivity contribution in [2.24, 2.45) is 0 Å². The predicted octanol–water partition coefficient (Wildman–Crippen LogP) is 3.90. The van der Waals surface area contributed by atoms with E-state index in [1.807, 2.05) is 24.3 Å². The van der Waals surface area contributed by atoms with E-state index in [-0.39, 0.29) is 5.91 Å². The van der Waals surface area contributed by atoms with E-state index < -0.39 is 0 Å². The minimum absolute atomic E-state index is 0.0961. The van der Waals surface area contributed by atoms with Gasteiger partial charge in [-0.25, -0.2) is 0 Å². The fourth-order valence-electron chi connectivity index (χ4n) is 2.40. The van der Waals surface area contributed by atoms with E-state index in [1.165, 1.54) is 22.3 Å². The molecule has 2 aromatic carbocycles. The molecular formula is C20H25NO2S. The lowest BCUT2D eigenvalue weighted by molar-refractivity contribution is -0.118. The highest BCUT2D eigenvalue weighted by Gasteiger charge is 2.04. The molecule has 1 amide bonds. The lowest BCUT2D eigenvalue weighted by Crippen LogP contribution is -2.27. The van der Waals surface area contributed by atoms with Crippen LogP contribution in [0.15, 0.2) is 42.5 Å². The molecule has 0 radical (unpaired) electrons. The minimum atomic E-state index is 0.0961. The minimum Gasteiger partial charge on any atom is -0.497 e. The lowest BCUT2D eigenvalue weighted by Gasteiger charge is -2.08. The molecule has 24 heavy (non-hydrogen) atoms. The molecule has 2 rings (SSSR count). The zero-order valence-corrected chi connectivity index (χ0v) is 15.4. The van der Waals surface area contributed by atoms with Crippen LogP contribution in [0.3, 0.4) is 0 Å². The quantitative estimate of drug-likeness (QED) is 0.790. The number of rotatable bonds is 8. The Bertz CT molecular complexity index is 668. The Morgan fingerprint density at radius 2 is 1.88 bits per heavy atom. The van der Waals surface area contributed by atoms with Crippen LogP contribution in [0, 0.1) is 13.8 Å². The number of ether oxygens (including phenoxy) is 1. The van der Waals surface area contributed by atoms with Crippen molar-refractivity contribution in [2.45, 2.75) is 26.0 Å². The second-order valence-electron chi connectivity index (χ2n) is 5.87. The van der Waals surface area contributed by atoms with Gasteiger partial charge < -0.3 is 10.1 Å². The maximum absolute atomic E-state index is 11.9. The van der Waals surface area contributed by atoms with Crippen molar-refractivity contribution < 1.29 is 9.53 Å². The molecule has 0 aromatic heterocycles. The van der Waals surface area contributed by atoms with Crippen molar-refractivity contribution in [3.05, 3.63) is 64.7 Å². The van der Waals surface area contributed by atoms with Gasteiger partial charge in [-0.15, -0.1) is 11.8 Å². The summed E-state index contributed by atoms with van der Waals surface area (Å²) in [6.07, 6.45) is 0.831. The number of carbonyl (C=O) groups excluding carboxylic acids is 1. The molecule has 0 aliphatic rings. The predicted molar refractivity (Wildman–Crippen MR) is 102 cm³/mol. The molecule has 0 spiro atoms. The van der Waals surface area contributed by atoms with Gasteiger partial charge in [0, 0.05) is 12.3 Å². The standard InChI is InChI=1S/C20H25NO2S/c1-15-4-5-16(2)18(12-15)13-24-14-20(22)21-11-10-17-6-8-19(23-3)9-7-17/h4-9,12H,10-11,13-14H2,1-3H3,(H,21,22). The number of methoxy groups -OCH3 is 1. The van der Waals surface area contributed by atoms with Crippen molar-refractivity contribution >= 4 is 17.7 Å². The number of thioether (sulfide) groups is 1. The average molecular weight is 343 g/mol. The third kappa shape index (κ3) is 5.93. The van der Waals surface area contributed by atoms with Crippen molar-refractivity contribution in [1.29, 1.82) is 0 Å². The molecule has 0 atom stereocenters. The SMILES string of the molecule is COc1ccc(CCNC(=O)CSCc2cc(C)ccc2C)cc1. The summed E-state index contributed by atoms with van der Waals surface area (Å²) in [6.45, 7) is 4.87. The van der Waals surface area contributed by atoms with Gasteiger partial charge in [0.05, 0.1) is 12.9 Å². The molecule has 0 bridgehead atoms. The van der Waals surface area contributed by atoms with Crippen LogP contribution in [-0.4, -0.2) is 25.3 Å². The zero-order chi connectivity index (χ0) is 17.4. The van der Waals surface area contributed by atoms with Gasteiger partial charge in [-0.2, -0.15) is 0 Å². The van der Waals surface area contributed by atoms with Gasteiger partial charge >= 0.3 is 0 Å². The summed E-state index contributed by atoms with van der Waals surface area (Å²) >= 11 is 1.66. The fraction of sp³-hybridized carbons (Fsp3) is 0.350. The highest BCUT2D eigenvalue weighted by atomic mass is 32.2. The Balaban J connectivity index is 1.67. The number of hydrogen-bond donors (Lipinski definition) is 1. The van der Waals surface area contributed by atoms with E-state index in [1.54, 1.807) is 18.9 Å². The largest absolute Gasteiger partial charge is 0.497 e. The lowest BCUT2D eigenvalue weighted by atomic mass is 10.1. The summed E-state index contributed by atoms with van der Waals surface area (Å²) in [7, 11) is 1.66. The summed E-state index contributed by atoms with van der Waals surface area (Å²) in [5.41, 5.74) is 5.05. The van der Waals surface area contributed by atoms with Crippen molar-refractivity contribution in [3.63, 3.8) is 0 Å². The van der Waals surface area contributed by atoms with Crippen LogP contribution in [0.25, 0.3) is 0 Å². The summed E-state index contributed by atoms with van der Waals surface area (Å²) in [5, 5.41) is 2.98. The van der Waals surface area contributed by atoms with Crippen LogP contribution in [0.4, 0.5) is 0 Å². The number of aryl methyl sites for hydroxylation is 2. The molecule has 4 heteroatoms. The van der Waals surface area contributed by atoms with Crippen molar-refractivity contribution in [1.82, 2.24) is 5.32 Å². The zero-order valence-electron chi connectivity index (χ0n) is 14.6. The normalized spacial score (nSPS) is 10.5. The number of nitrogens with one attached hydrogen (secondary N) is 1. The van der Waals surface area contributed by atoms with Gasteiger partial charge in [-0.1, -0.05) is 35.9 Å². The number of hydrogen-bond acceptors (Lipinski definition) is 3. The molecule has 0 saturated heterocycles. The Morgan fingerprint density at radius 3 is 2.58 bits per heavy atom. The van der Waals surface area contributed by atoms with Gasteiger partial charge in [-0.3, -0.25) is 4.79 Å². The maximum atomic E-state index is 11.9. The maximum Gasteiger partial charge on any atom is 0.230 e. The van der Waals surface area contributed by atoms with E-state index in [0.717, 1.165) is 17.9 Å². The molecule has 0 unspecified atom stereocenters. The highest BCUT2D eigenvalue weighted by molar-refractivity contribution is 7.99. The van der Waals surface area contributed by atoms with E-state index >= 15 is 0 Å². The molecule has 0 heterocycles. The number of carbonyl (C=O) groups is 1. The third-order valence-electron chi connectivity index (χ3n) is 3.89. The van der Waals surface area contributed by atoms with E-state index in [9.17, 15) is 4.79 Å². The first-order chi connectivity index (χ1) is 11.6. The molecule has 3 nitrogen and oxygen atoms in total. The second-order valence-corrected chi connectivity index (χ2v) is 6.86. The van der Waals surface area contributed by atoms with Gasteiger partial charge in [0.25, 0.3) is 0 Å². The molecule has 128 valence electrons. The molecule has 0 fully saturated rings. The number of amides is 1. The van der Waals surface area contributed by atoms with Crippen LogP contribution < -0.4 is 10.1 Å². The van der Waals surface area contributed by atoms with E-state index in [4.69, 9.17) is 4.74 Å². The smallest absolute Gasteiger partial charge is 0.230 e. The summed E-state index contributed by atoms with van der Waals surface area (Å²) in [6, 6.07) is 14.4. The van der Waals surface area contributed by atoms with Gasteiger partial charge in [0.15, 0.2) is 0 Å². The number of benzene rings is 2. The van der Waals surface area contributed by atoms with Crippen LogP contribution in [0.5, 0.6) is 5.75 Å². The summed E-state index contributed by atoms with van der Waals surface area (Å²) in [4.78, 5) is 11.9. The van der Waals surface area contributed by atoms with E-state index in [2.05, 4.69) is 37.4 Å². The Kier molecular flexibility index (Phi) is 7.19. The van der Waals surface area contributed by atoms with E-state index in [0.29, 0.717) is 12.3 Å². The van der Waals surface area contributed by atoms with Crippen LogP contribution >= 0.6 is 11.8 Å². The molecule has 0 saturated carbocycles. The second kappa shape index (κ2) is 9.38. The third-order valence-corrected chi connectivity index (χ3v) is 4.87. The van der Waals surface area contributed by atoms with Crippen LogP contribution in [0.1, 0.15) is 22.3 Å². The molecule has 2 aromatic rings. The summed E-state index contributed by atoms with van der Waals surface area (Å²) in [5.74, 6) is 2.32. The van der Waals surface area contributed by atoms with Crippen LogP contribution in [-0.2, 0) is 17.0 Å². The fourth-order valence-corrected chi connectivity index (χ4v) is 3.32. The molecule has 0 aliphatic heterocycles. The first kappa shape index (κ1) is 18.4. The highest BCUT2D eigenvalue weighted by Crippen LogP contribution is 2.17. The van der Waals surface area contributed by atoms with Gasteiger partial charge in [0.2, 0.25) is 5.91 Å². The van der Waals surface area contributed by atoms with Crippen molar-refractivity contribution in [2.75, 3.05) is 19.4 Å².